The van der Waals surface area contributed by atoms with Gasteiger partial charge in [-0.15, -0.1) is 0 Å². The monoisotopic (exact) mass is 678 g/mol. The molecule has 49 heavy (non-hydrogen) atoms. The van der Waals surface area contributed by atoms with Gasteiger partial charge in [-0.25, -0.2) is 9.78 Å². The highest BCUT2D eigenvalue weighted by Crippen LogP contribution is 2.38. The number of urea groups is 1. The molecule has 1 saturated heterocycles. The molecule has 1 aromatic heterocycles. The van der Waals surface area contributed by atoms with Gasteiger partial charge in [0.25, 0.3) is 0 Å². The molecule has 5 rings (SSSR count). The first-order valence-electron chi connectivity index (χ1n) is 17.1. The lowest BCUT2D eigenvalue weighted by Gasteiger charge is -2.47. The van der Waals surface area contributed by atoms with E-state index in [0.29, 0.717) is 24.5 Å². The number of carbonyl (C=O) groups is 5. The Morgan fingerprint density at radius 3 is 2.41 bits per heavy atom. The lowest BCUT2D eigenvalue weighted by atomic mass is 9.67. The molecule has 1 aliphatic heterocycles. The van der Waals surface area contributed by atoms with E-state index in [1.54, 1.807) is 19.4 Å². The second kappa shape index (κ2) is 13.6. The van der Waals surface area contributed by atoms with Crippen LogP contribution in [0.25, 0.3) is 10.8 Å². The Labute approximate surface area is 287 Å². The van der Waals surface area contributed by atoms with E-state index in [0.717, 1.165) is 23.6 Å². The molecule has 2 aliphatic carbocycles. The molecule has 3 fully saturated rings. The van der Waals surface area contributed by atoms with Gasteiger partial charge in [-0.05, 0) is 75.1 Å². The number of Topliss-reactive ketones (excluding diaryl/α,β-unsaturated/α-hetero) is 2. The molecular weight excluding hydrogens is 628 g/mol. The standard InChI is InChI=1S/C36H50N6O7/c1-9-10-25-27(43)29(44)36(25,39-21-11-12-21)40-30(45)26-18-23(49-31-24-14-13-22(48-8)17-20(24)15-16-37-31)19-42(26)32(46)28(34(2,3)4)38-33(47)41-35(5,6)7/h13-17,21,23,25-26,28,39H,9-12,18-19H2,1-8H3,(H,40,45)(H2,38,41,47)/t23-,25?,26+,28-,36+/m1/s1. The van der Waals surface area contributed by atoms with Gasteiger partial charge in [0.2, 0.25) is 29.3 Å². The lowest BCUT2D eigenvalue weighted by molar-refractivity contribution is -0.162. The topological polar surface area (TPSA) is 168 Å². The van der Waals surface area contributed by atoms with Gasteiger partial charge in [0.05, 0.1) is 19.6 Å². The summed E-state index contributed by atoms with van der Waals surface area (Å²) in [6.07, 6.45) is 3.81. The van der Waals surface area contributed by atoms with Crippen LogP contribution in [0.1, 0.15) is 80.6 Å². The van der Waals surface area contributed by atoms with Crippen LogP contribution in [0.4, 0.5) is 4.79 Å². The SMILES string of the molecule is CCCC1C(=O)C(=O)[C@]1(NC(=O)[C@@H]1C[C@@H](Oc2nccc3cc(OC)ccc23)CN1C(=O)[C@@H](NC(=O)NC(C)(C)C)C(C)(C)C)NC1CC1. The third-order valence-corrected chi connectivity index (χ3v) is 9.27. The van der Waals surface area contributed by atoms with Gasteiger partial charge in [-0.1, -0.05) is 34.1 Å². The summed E-state index contributed by atoms with van der Waals surface area (Å²) in [5.41, 5.74) is -2.81. The lowest BCUT2D eigenvalue weighted by Crippen LogP contribution is -2.80. The van der Waals surface area contributed by atoms with Crippen molar-refractivity contribution in [2.45, 2.75) is 116 Å². The number of hydrogen-bond donors (Lipinski definition) is 4. The van der Waals surface area contributed by atoms with E-state index in [9.17, 15) is 24.0 Å². The second-order valence-corrected chi connectivity index (χ2v) is 15.6. The number of nitrogens with zero attached hydrogens (tertiary/aromatic N) is 2. The van der Waals surface area contributed by atoms with Gasteiger partial charge in [-0.3, -0.25) is 24.5 Å². The highest BCUT2D eigenvalue weighted by molar-refractivity contribution is 6.49. The molecule has 2 saturated carbocycles. The average molecular weight is 679 g/mol. The molecule has 0 radical (unpaired) electrons. The van der Waals surface area contributed by atoms with E-state index in [4.69, 9.17) is 9.47 Å². The number of ketones is 2. The minimum absolute atomic E-state index is 0.0148. The molecule has 0 bridgehead atoms. The first-order valence-corrected chi connectivity index (χ1v) is 17.1. The van der Waals surface area contributed by atoms with E-state index >= 15 is 0 Å². The molecule has 5 atom stereocenters. The summed E-state index contributed by atoms with van der Waals surface area (Å²) in [4.78, 5) is 73.8. The molecule has 1 unspecified atom stereocenters. The number of ether oxygens (including phenoxy) is 2. The van der Waals surface area contributed by atoms with Gasteiger partial charge in [-0.2, -0.15) is 0 Å². The average Bonchev–Trinajstić information content (AvgIpc) is 3.75. The van der Waals surface area contributed by atoms with E-state index in [1.165, 1.54) is 4.90 Å². The fourth-order valence-electron chi connectivity index (χ4n) is 6.64. The van der Waals surface area contributed by atoms with Crippen LogP contribution in [0.5, 0.6) is 11.6 Å². The molecule has 0 spiro atoms. The van der Waals surface area contributed by atoms with E-state index in [1.807, 2.05) is 66.7 Å². The number of fused-ring (bicyclic) bond motifs is 1. The van der Waals surface area contributed by atoms with Gasteiger partial charge < -0.3 is 30.3 Å². The summed E-state index contributed by atoms with van der Waals surface area (Å²) < 4.78 is 11.8. The Hall–Kier alpha value is -4.26. The van der Waals surface area contributed by atoms with Gasteiger partial charge in [0.15, 0.2) is 5.66 Å². The van der Waals surface area contributed by atoms with Crippen molar-refractivity contribution in [2.24, 2.45) is 11.3 Å². The van der Waals surface area contributed by atoms with Crippen LogP contribution in [-0.4, -0.2) is 88.4 Å². The maximum absolute atomic E-state index is 14.5. The van der Waals surface area contributed by atoms with Crippen LogP contribution in [0.2, 0.25) is 0 Å². The predicted octanol–water partition coefficient (Wildman–Crippen LogP) is 3.24. The van der Waals surface area contributed by atoms with Crippen LogP contribution >= 0.6 is 0 Å². The molecule has 13 nitrogen and oxygen atoms in total. The highest BCUT2D eigenvalue weighted by Gasteiger charge is 2.64. The molecule has 1 aromatic carbocycles. The molecular formula is C36H50N6O7. The van der Waals surface area contributed by atoms with Crippen LogP contribution in [-0.2, 0) is 19.2 Å². The van der Waals surface area contributed by atoms with Crippen molar-refractivity contribution in [3.8, 4) is 11.6 Å². The third kappa shape index (κ3) is 7.66. The largest absolute Gasteiger partial charge is 0.497 e. The Morgan fingerprint density at radius 2 is 1.80 bits per heavy atom. The minimum Gasteiger partial charge on any atom is -0.497 e. The summed E-state index contributed by atoms with van der Waals surface area (Å²) in [6, 6.07) is 4.77. The molecule has 13 heteroatoms. The minimum atomic E-state index is -1.52. The van der Waals surface area contributed by atoms with Crippen LogP contribution in [0.3, 0.4) is 0 Å². The third-order valence-electron chi connectivity index (χ3n) is 9.27. The first-order chi connectivity index (χ1) is 23.0. The molecule has 3 aliphatic rings. The molecule has 2 heterocycles. The van der Waals surface area contributed by atoms with Gasteiger partial charge in [0.1, 0.15) is 23.9 Å². The second-order valence-electron chi connectivity index (χ2n) is 15.6. The van der Waals surface area contributed by atoms with Crippen molar-refractivity contribution in [1.82, 2.24) is 31.2 Å². The first kappa shape index (κ1) is 36.0. The maximum Gasteiger partial charge on any atom is 0.315 e. The van der Waals surface area contributed by atoms with Crippen molar-refractivity contribution >= 4 is 40.2 Å². The number of nitrogens with one attached hydrogen (secondary N) is 4. The van der Waals surface area contributed by atoms with E-state index < -0.39 is 70.1 Å². The number of amides is 4. The number of aromatic nitrogens is 1. The molecule has 266 valence electrons. The van der Waals surface area contributed by atoms with Crippen molar-refractivity contribution in [1.29, 1.82) is 0 Å². The highest BCUT2D eigenvalue weighted by atomic mass is 16.5. The smallest absolute Gasteiger partial charge is 0.315 e. The van der Waals surface area contributed by atoms with Crippen LogP contribution < -0.4 is 30.7 Å². The van der Waals surface area contributed by atoms with Gasteiger partial charge in [0, 0.05) is 29.6 Å². The number of hydrogen-bond acceptors (Lipinski definition) is 9. The number of carbonyl (C=O) groups excluding carboxylic acids is 5. The molecule has 2 aromatic rings. The summed E-state index contributed by atoms with van der Waals surface area (Å²) in [5.74, 6) is -1.90. The summed E-state index contributed by atoms with van der Waals surface area (Å²) in [6.45, 7) is 13.0. The Kier molecular flexibility index (Phi) is 9.98. The van der Waals surface area contributed by atoms with Crippen LogP contribution in [0, 0.1) is 11.3 Å². The quantitative estimate of drug-likeness (QED) is 0.206. The zero-order chi connectivity index (χ0) is 35.9. The van der Waals surface area contributed by atoms with Crippen molar-refractivity contribution in [3.63, 3.8) is 0 Å². The number of rotatable bonds is 11. The normalized spacial score (nSPS) is 24.7. The molecule has 4 N–H and O–H groups in total. The summed E-state index contributed by atoms with van der Waals surface area (Å²) >= 11 is 0. The Morgan fingerprint density at radius 1 is 1.08 bits per heavy atom. The van der Waals surface area contributed by atoms with Gasteiger partial charge >= 0.3 is 6.03 Å². The van der Waals surface area contributed by atoms with E-state index in [2.05, 4.69) is 26.3 Å². The Bertz CT molecular complexity index is 1630. The zero-order valence-corrected chi connectivity index (χ0v) is 29.8. The van der Waals surface area contributed by atoms with E-state index in [-0.39, 0.29) is 19.0 Å². The number of likely N-dealkylation sites (tertiary alicyclic amines) is 1. The number of pyridine rings is 1. The van der Waals surface area contributed by atoms with Crippen molar-refractivity contribution in [3.05, 3.63) is 30.5 Å². The fraction of sp³-hybridized carbons (Fsp3) is 0.611. The zero-order valence-electron chi connectivity index (χ0n) is 29.8. The summed E-state index contributed by atoms with van der Waals surface area (Å²) in [5, 5.41) is 13.5. The van der Waals surface area contributed by atoms with Crippen molar-refractivity contribution < 1.29 is 33.4 Å². The maximum atomic E-state index is 14.5. The fourth-order valence-corrected chi connectivity index (χ4v) is 6.64. The predicted molar refractivity (Wildman–Crippen MR) is 183 cm³/mol. The summed E-state index contributed by atoms with van der Waals surface area (Å²) in [7, 11) is 1.59. The van der Waals surface area contributed by atoms with Crippen molar-refractivity contribution in [2.75, 3.05) is 13.7 Å². The van der Waals surface area contributed by atoms with Crippen LogP contribution in [0.15, 0.2) is 30.5 Å². The Balaban J connectivity index is 1.47. The number of methoxy groups -OCH3 is 1. The number of benzene rings is 1. The molecule has 4 amide bonds.